The fraction of sp³-hybridized carbons (Fsp3) is 0.667. The highest BCUT2D eigenvalue weighted by Gasteiger charge is 2.25. The van der Waals surface area contributed by atoms with Crippen LogP contribution in [0.3, 0.4) is 0 Å². The lowest BCUT2D eigenvalue weighted by Crippen LogP contribution is -2.26. The van der Waals surface area contributed by atoms with Crippen molar-refractivity contribution in [2.24, 2.45) is 0 Å². The maximum atomic E-state index is 5.69. The zero-order valence-corrected chi connectivity index (χ0v) is 12.4. The third-order valence-corrected chi connectivity index (χ3v) is 3.44. The Labute approximate surface area is 116 Å². The first-order valence-corrected chi connectivity index (χ1v) is 7.09. The predicted molar refractivity (Wildman–Crippen MR) is 75.0 cm³/mol. The van der Waals surface area contributed by atoms with Gasteiger partial charge in [-0.25, -0.2) is 4.98 Å². The molecular formula is C12H19BrN4O. The molecule has 0 radical (unpaired) electrons. The molecule has 6 heteroatoms. The van der Waals surface area contributed by atoms with Crippen molar-refractivity contribution < 1.29 is 4.74 Å². The average Bonchev–Trinajstić information content (AvgIpc) is 3.17. The first kappa shape index (κ1) is 13.5. The van der Waals surface area contributed by atoms with Crippen LogP contribution in [0.2, 0.25) is 0 Å². The normalized spacial score (nSPS) is 14.9. The molecular weight excluding hydrogens is 296 g/mol. The van der Waals surface area contributed by atoms with Gasteiger partial charge >= 0.3 is 0 Å². The lowest BCUT2D eigenvalue weighted by molar-refractivity contribution is 0.225. The molecule has 0 bridgehead atoms. The van der Waals surface area contributed by atoms with Crippen molar-refractivity contribution in [1.29, 1.82) is 0 Å². The predicted octanol–water partition coefficient (Wildman–Crippen LogP) is 2.14. The van der Waals surface area contributed by atoms with Crippen molar-refractivity contribution in [2.75, 3.05) is 32.1 Å². The van der Waals surface area contributed by atoms with Crippen molar-refractivity contribution in [3.63, 3.8) is 0 Å². The Morgan fingerprint density at radius 1 is 1.56 bits per heavy atom. The number of halogens is 1. The molecule has 1 saturated carbocycles. The monoisotopic (exact) mass is 314 g/mol. The van der Waals surface area contributed by atoms with Crippen molar-refractivity contribution in [3.8, 4) is 5.88 Å². The number of aromatic nitrogens is 2. The molecule has 0 spiro atoms. The van der Waals surface area contributed by atoms with Crippen molar-refractivity contribution in [3.05, 3.63) is 10.7 Å². The molecule has 18 heavy (non-hydrogen) atoms. The third-order valence-electron chi connectivity index (χ3n) is 2.90. The molecule has 0 aliphatic heterocycles. The molecule has 0 amide bonds. The molecule has 0 unspecified atom stereocenters. The minimum absolute atomic E-state index is 0.602. The molecule has 1 aliphatic rings. The topological polar surface area (TPSA) is 50.3 Å². The van der Waals surface area contributed by atoms with Gasteiger partial charge in [-0.3, -0.25) is 0 Å². The summed E-state index contributed by atoms with van der Waals surface area (Å²) in [6.45, 7) is 4.38. The van der Waals surface area contributed by atoms with Crippen LogP contribution in [0, 0.1) is 0 Å². The first-order valence-electron chi connectivity index (χ1n) is 6.30. The van der Waals surface area contributed by atoms with E-state index in [1.165, 1.54) is 12.8 Å². The summed E-state index contributed by atoms with van der Waals surface area (Å²) in [5.41, 5.74) is 0. The molecule has 100 valence electrons. The zero-order chi connectivity index (χ0) is 13.0. The number of hydrogen-bond donors (Lipinski definition) is 1. The van der Waals surface area contributed by atoms with Crippen LogP contribution in [0.15, 0.2) is 10.7 Å². The van der Waals surface area contributed by atoms with E-state index in [4.69, 9.17) is 4.74 Å². The molecule has 1 aliphatic carbocycles. The maximum absolute atomic E-state index is 5.69. The van der Waals surface area contributed by atoms with E-state index in [9.17, 15) is 0 Å². The van der Waals surface area contributed by atoms with E-state index in [0.29, 0.717) is 18.4 Å². The number of nitrogens with zero attached hydrogens (tertiary/aromatic N) is 3. The minimum atomic E-state index is 0.602. The molecule has 0 aromatic carbocycles. The quantitative estimate of drug-likeness (QED) is 0.835. The fourth-order valence-corrected chi connectivity index (χ4v) is 1.99. The van der Waals surface area contributed by atoms with Crippen LogP contribution in [0.25, 0.3) is 0 Å². The van der Waals surface area contributed by atoms with Crippen LogP contribution in [0.4, 0.5) is 5.95 Å². The van der Waals surface area contributed by atoms with Gasteiger partial charge in [0.05, 0.1) is 10.7 Å². The SMILES string of the molecule is CCNc1ncc(Br)c(OCCN(C)C2CC2)n1. The minimum Gasteiger partial charge on any atom is -0.475 e. The van der Waals surface area contributed by atoms with E-state index in [1.54, 1.807) is 6.20 Å². The lowest BCUT2D eigenvalue weighted by Gasteiger charge is -2.16. The van der Waals surface area contributed by atoms with E-state index in [0.717, 1.165) is 23.6 Å². The van der Waals surface area contributed by atoms with Crippen LogP contribution in [0.5, 0.6) is 5.88 Å². The van der Waals surface area contributed by atoms with Crippen LogP contribution in [-0.2, 0) is 0 Å². The van der Waals surface area contributed by atoms with E-state index in [1.807, 2.05) is 6.92 Å². The van der Waals surface area contributed by atoms with E-state index in [-0.39, 0.29) is 0 Å². The number of hydrogen-bond acceptors (Lipinski definition) is 5. The maximum Gasteiger partial charge on any atom is 0.232 e. The molecule has 1 aromatic rings. The number of nitrogens with one attached hydrogen (secondary N) is 1. The second-order valence-electron chi connectivity index (χ2n) is 4.44. The van der Waals surface area contributed by atoms with Gasteiger partial charge in [0.2, 0.25) is 11.8 Å². The van der Waals surface area contributed by atoms with Gasteiger partial charge in [0.25, 0.3) is 0 Å². The summed E-state index contributed by atoms with van der Waals surface area (Å²) >= 11 is 3.40. The summed E-state index contributed by atoms with van der Waals surface area (Å²) in [5.74, 6) is 1.20. The molecule has 0 atom stereocenters. The average molecular weight is 315 g/mol. The highest BCUT2D eigenvalue weighted by Crippen LogP contribution is 2.25. The third kappa shape index (κ3) is 3.81. The molecule has 2 rings (SSSR count). The zero-order valence-electron chi connectivity index (χ0n) is 10.8. The number of ether oxygens (including phenoxy) is 1. The smallest absolute Gasteiger partial charge is 0.232 e. The Kier molecular flexibility index (Phi) is 4.77. The second kappa shape index (κ2) is 6.33. The van der Waals surface area contributed by atoms with Crippen LogP contribution >= 0.6 is 15.9 Å². The summed E-state index contributed by atoms with van der Waals surface area (Å²) < 4.78 is 6.48. The highest BCUT2D eigenvalue weighted by molar-refractivity contribution is 9.10. The number of anilines is 1. The summed E-state index contributed by atoms with van der Waals surface area (Å²) in [4.78, 5) is 10.8. The largest absolute Gasteiger partial charge is 0.475 e. The fourth-order valence-electron chi connectivity index (χ4n) is 1.68. The van der Waals surface area contributed by atoms with Crippen LogP contribution in [-0.4, -0.2) is 47.7 Å². The van der Waals surface area contributed by atoms with E-state index < -0.39 is 0 Å². The van der Waals surface area contributed by atoms with Gasteiger partial charge in [-0.2, -0.15) is 4.98 Å². The summed E-state index contributed by atoms with van der Waals surface area (Å²) in [7, 11) is 2.14. The molecule has 5 nitrogen and oxygen atoms in total. The van der Waals surface area contributed by atoms with Gasteiger partial charge < -0.3 is 15.0 Å². The van der Waals surface area contributed by atoms with Gasteiger partial charge in [-0.1, -0.05) is 0 Å². The summed E-state index contributed by atoms with van der Waals surface area (Å²) in [5, 5.41) is 3.07. The van der Waals surface area contributed by atoms with E-state index >= 15 is 0 Å². The van der Waals surface area contributed by atoms with Gasteiger partial charge in [0.15, 0.2) is 0 Å². The van der Waals surface area contributed by atoms with Gasteiger partial charge in [-0.15, -0.1) is 0 Å². The Hall–Kier alpha value is -0.880. The summed E-state index contributed by atoms with van der Waals surface area (Å²) in [6, 6.07) is 0.764. The molecule has 0 saturated heterocycles. The summed E-state index contributed by atoms with van der Waals surface area (Å²) in [6.07, 6.45) is 4.35. The Morgan fingerprint density at radius 2 is 2.33 bits per heavy atom. The Balaban J connectivity index is 1.84. The standard InChI is InChI=1S/C12H19BrN4O/c1-3-14-12-15-8-10(13)11(16-12)18-7-6-17(2)9-4-5-9/h8-9H,3-7H2,1-2H3,(H,14,15,16). The Bertz CT molecular complexity index is 398. The molecule has 1 aromatic heterocycles. The molecule has 1 heterocycles. The molecule has 1 N–H and O–H groups in total. The highest BCUT2D eigenvalue weighted by atomic mass is 79.9. The van der Waals surface area contributed by atoms with Crippen molar-refractivity contribution in [1.82, 2.24) is 14.9 Å². The van der Waals surface area contributed by atoms with Crippen molar-refractivity contribution in [2.45, 2.75) is 25.8 Å². The number of rotatable bonds is 7. The lowest BCUT2D eigenvalue weighted by atomic mass is 10.5. The van der Waals surface area contributed by atoms with Crippen molar-refractivity contribution >= 4 is 21.9 Å². The van der Waals surface area contributed by atoms with E-state index in [2.05, 4.69) is 43.2 Å². The van der Waals surface area contributed by atoms with Gasteiger partial charge in [0, 0.05) is 19.1 Å². The number of likely N-dealkylation sites (N-methyl/N-ethyl adjacent to an activating group) is 1. The van der Waals surface area contributed by atoms with Crippen LogP contribution in [0.1, 0.15) is 19.8 Å². The van der Waals surface area contributed by atoms with Gasteiger partial charge in [0.1, 0.15) is 6.61 Å². The Morgan fingerprint density at radius 3 is 3.00 bits per heavy atom. The second-order valence-corrected chi connectivity index (χ2v) is 5.29. The van der Waals surface area contributed by atoms with Gasteiger partial charge in [-0.05, 0) is 42.7 Å². The molecule has 1 fully saturated rings. The van der Waals surface area contributed by atoms with Crippen LogP contribution < -0.4 is 10.1 Å². The first-order chi connectivity index (χ1) is 8.70.